The molecule has 0 bridgehead atoms. The summed E-state index contributed by atoms with van der Waals surface area (Å²) in [6, 6.07) is 4.74. The number of carbonyl (C=O) groups is 1. The molecular weight excluding hydrogens is 310 g/mol. The number of hydrogen-bond acceptors (Lipinski definition) is 4. The van der Waals surface area contributed by atoms with Gasteiger partial charge < -0.3 is 10.6 Å². The van der Waals surface area contributed by atoms with Crippen LogP contribution in [0.15, 0.2) is 23.1 Å². The molecule has 1 aromatic rings. The van der Waals surface area contributed by atoms with Crippen LogP contribution in [0, 0.1) is 6.92 Å². The summed E-state index contributed by atoms with van der Waals surface area (Å²) >= 11 is 4.87. The maximum absolute atomic E-state index is 12.6. The molecule has 2 N–H and O–H groups in total. The number of rotatable bonds is 5. The number of hydrogen-bond donors (Lipinski definition) is 1. The highest BCUT2D eigenvalue weighted by atomic mass is 32.2. The molecule has 6 nitrogen and oxygen atoms in total. The second-order valence-corrected chi connectivity index (χ2v) is 7.35. The number of thiocarbonyl (C=S) groups is 1. The van der Waals surface area contributed by atoms with E-state index in [0.29, 0.717) is 11.1 Å². The second-order valence-electron chi connectivity index (χ2n) is 4.89. The maximum Gasteiger partial charge on any atom is 0.243 e. The first-order valence-corrected chi connectivity index (χ1v) is 7.99. The van der Waals surface area contributed by atoms with E-state index in [1.54, 1.807) is 33.2 Å². The number of nitrogens with two attached hydrogens (primary N) is 1. The van der Waals surface area contributed by atoms with E-state index in [0.717, 1.165) is 4.31 Å². The van der Waals surface area contributed by atoms with Gasteiger partial charge in [-0.3, -0.25) is 4.79 Å². The fraction of sp³-hybridized carbons (Fsp3) is 0.385. The van der Waals surface area contributed by atoms with Crippen molar-refractivity contribution < 1.29 is 13.2 Å². The summed E-state index contributed by atoms with van der Waals surface area (Å²) in [4.78, 5) is 13.2. The molecule has 0 aliphatic heterocycles. The number of amides is 1. The molecule has 1 rings (SSSR count). The largest absolute Gasteiger partial charge is 0.389 e. The van der Waals surface area contributed by atoms with E-state index in [2.05, 4.69) is 0 Å². The highest BCUT2D eigenvalue weighted by Crippen LogP contribution is 2.20. The summed E-state index contributed by atoms with van der Waals surface area (Å²) in [5, 5.41) is 0. The lowest BCUT2D eigenvalue weighted by atomic mass is 10.1. The zero-order chi connectivity index (χ0) is 16.4. The van der Waals surface area contributed by atoms with E-state index in [1.807, 2.05) is 0 Å². The molecular formula is C13H19N3O3S2. The van der Waals surface area contributed by atoms with Crippen molar-refractivity contribution in [2.45, 2.75) is 11.8 Å². The number of benzene rings is 1. The SMILES string of the molecule is Cc1ccc(C(N)=S)cc1S(=O)(=O)N(C)CC(=O)N(C)C. The van der Waals surface area contributed by atoms with Gasteiger partial charge in [0.25, 0.3) is 0 Å². The lowest BCUT2D eigenvalue weighted by Crippen LogP contribution is -2.38. The Morgan fingerprint density at radius 2 is 1.86 bits per heavy atom. The number of aryl methyl sites for hydroxylation is 1. The van der Waals surface area contributed by atoms with Crippen LogP contribution in [0.5, 0.6) is 0 Å². The quantitative estimate of drug-likeness (QED) is 0.788. The van der Waals surface area contributed by atoms with Crippen LogP contribution in [-0.2, 0) is 14.8 Å². The third-order valence-electron chi connectivity index (χ3n) is 3.02. The summed E-state index contributed by atoms with van der Waals surface area (Å²) in [6.07, 6.45) is 0. The summed E-state index contributed by atoms with van der Waals surface area (Å²) in [6.45, 7) is 1.45. The molecule has 0 unspecified atom stereocenters. The van der Waals surface area contributed by atoms with Gasteiger partial charge in [0.1, 0.15) is 4.99 Å². The predicted molar refractivity (Wildman–Crippen MR) is 85.6 cm³/mol. The van der Waals surface area contributed by atoms with Crippen molar-refractivity contribution in [2.75, 3.05) is 27.7 Å². The lowest BCUT2D eigenvalue weighted by molar-refractivity contribution is -0.128. The first-order chi connectivity index (χ1) is 9.57. The van der Waals surface area contributed by atoms with E-state index in [-0.39, 0.29) is 22.3 Å². The second kappa shape index (κ2) is 6.50. The minimum Gasteiger partial charge on any atom is -0.389 e. The monoisotopic (exact) mass is 329 g/mol. The van der Waals surface area contributed by atoms with Crippen molar-refractivity contribution in [1.82, 2.24) is 9.21 Å². The molecule has 0 aromatic heterocycles. The topological polar surface area (TPSA) is 83.7 Å². The van der Waals surface area contributed by atoms with E-state index in [4.69, 9.17) is 18.0 Å². The summed E-state index contributed by atoms with van der Waals surface area (Å²) in [5.74, 6) is -0.302. The van der Waals surface area contributed by atoms with Gasteiger partial charge in [0, 0.05) is 26.7 Å². The van der Waals surface area contributed by atoms with Crippen molar-refractivity contribution in [3.63, 3.8) is 0 Å². The van der Waals surface area contributed by atoms with Crippen LogP contribution >= 0.6 is 12.2 Å². The molecule has 0 aliphatic rings. The van der Waals surface area contributed by atoms with Crippen molar-refractivity contribution >= 4 is 33.1 Å². The van der Waals surface area contributed by atoms with Crippen molar-refractivity contribution in [3.05, 3.63) is 29.3 Å². The zero-order valence-corrected chi connectivity index (χ0v) is 14.1. The van der Waals surface area contributed by atoms with Crippen LogP contribution < -0.4 is 5.73 Å². The first kappa shape index (κ1) is 17.5. The molecule has 0 saturated heterocycles. The van der Waals surface area contributed by atoms with Gasteiger partial charge in [-0.05, 0) is 18.6 Å². The molecule has 0 radical (unpaired) electrons. The average Bonchev–Trinajstić information content (AvgIpc) is 2.38. The zero-order valence-electron chi connectivity index (χ0n) is 12.5. The smallest absolute Gasteiger partial charge is 0.243 e. The Kier molecular flexibility index (Phi) is 5.43. The van der Waals surface area contributed by atoms with Crippen molar-refractivity contribution in [3.8, 4) is 0 Å². The van der Waals surface area contributed by atoms with Crippen molar-refractivity contribution in [1.29, 1.82) is 0 Å². The van der Waals surface area contributed by atoms with Crippen molar-refractivity contribution in [2.24, 2.45) is 5.73 Å². The third-order valence-corrected chi connectivity index (χ3v) is 5.20. The Morgan fingerprint density at radius 1 is 1.29 bits per heavy atom. The van der Waals surface area contributed by atoms with Crippen LogP contribution in [0.25, 0.3) is 0 Å². The Labute approximate surface area is 130 Å². The molecule has 0 spiro atoms. The molecule has 0 fully saturated rings. The fourth-order valence-corrected chi connectivity index (χ4v) is 3.11. The number of carbonyl (C=O) groups excluding carboxylic acids is 1. The van der Waals surface area contributed by atoms with Crippen LogP contribution in [-0.4, -0.2) is 56.2 Å². The van der Waals surface area contributed by atoms with Gasteiger partial charge in [-0.1, -0.05) is 24.4 Å². The van der Waals surface area contributed by atoms with Gasteiger partial charge >= 0.3 is 0 Å². The van der Waals surface area contributed by atoms with Crippen LogP contribution in [0.4, 0.5) is 0 Å². The Balaban J connectivity index is 3.21. The third kappa shape index (κ3) is 3.99. The van der Waals surface area contributed by atoms with E-state index in [1.165, 1.54) is 18.0 Å². The molecule has 21 heavy (non-hydrogen) atoms. The Morgan fingerprint density at radius 3 is 2.33 bits per heavy atom. The molecule has 0 aliphatic carbocycles. The normalized spacial score (nSPS) is 11.5. The van der Waals surface area contributed by atoms with Crippen LogP contribution in [0.1, 0.15) is 11.1 Å². The Hall–Kier alpha value is -1.51. The number of likely N-dealkylation sites (N-methyl/N-ethyl adjacent to an activating group) is 2. The standard InChI is InChI=1S/C13H19N3O3S2/c1-9-5-6-10(13(14)20)7-11(9)21(18,19)16(4)8-12(17)15(2)3/h5-7H,8H2,1-4H3,(H2,14,20). The first-order valence-electron chi connectivity index (χ1n) is 6.14. The average molecular weight is 329 g/mol. The number of nitrogens with zero attached hydrogens (tertiary/aromatic N) is 2. The fourth-order valence-electron chi connectivity index (χ4n) is 1.62. The molecule has 1 aromatic carbocycles. The molecule has 1 amide bonds. The minimum atomic E-state index is -3.78. The predicted octanol–water partition coefficient (Wildman–Crippen LogP) is 0.338. The molecule has 0 heterocycles. The van der Waals surface area contributed by atoms with E-state index >= 15 is 0 Å². The van der Waals surface area contributed by atoms with Crippen LogP contribution in [0.3, 0.4) is 0 Å². The van der Waals surface area contributed by atoms with E-state index in [9.17, 15) is 13.2 Å². The van der Waals surface area contributed by atoms with Gasteiger partial charge in [-0.15, -0.1) is 0 Å². The van der Waals surface area contributed by atoms with E-state index < -0.39 is 10.0 Å². The lowest BCUT2D eigenvalue weighted by Gasteiger charge is -2.20. The molecule has 0 atom stereocenters. The van der Waals surface area contributed by atoms with Crippen LogP contribution in [0.2, 0.25) is 0 Å². The highest BCUT2D eigenvalue weighted by molar-refractivity contribution is 7.89. The highest BCUT2D eigenvalue weighted by Gasteiger charge is 2.25. The van der Waals surface area contributed by atoms with Gasteiger partial charge in [0.2, 0.25) is 15.9 Å². The molecule has 116 valence electrons. The minimum absolute atomic E-state index is 0.0989. The molecule has 8 heteroatoms. The summed E-state index contributed by atoms with van der Waals surface area (Å²) in [7, 11) is 0.723. The number of sulfonamides is 1. The van der Waals surface area contributed by atoms with Gasteiger partial charge in [-0.25, -0.2) is 8.42 Å². The molecule has 0 saturated carbocycles. The summed E-state index contributed by atoms with van der Waals surface area (Å²) < 4.78 is 26.1. The summed E-state index contributed by atoms with van der Waals surface area (Å²) in [5.41, 5.74) is 6.58. The Bertz CT molecular complexity index is 669. The van der Waals surface area contributed by atoms with Gasteiger partial charge in [0.15, 0.2) is 0 Å². The van der Waals surface area contributed by atoms with Gasteiger partial charge in [0.05, 0.1) is 11.4 Å². The maximum atomic E-state index is 12.6. The van der Waals surface area contributed by atoms with Gasteiger partial charge in [-0.2, -0.15) is 4.31 Å².